The summed E-state index contributed by atoms with van der Waals surface area (Å²) < 4.78 is 12.8. The van der Waals surface area contributed by atoms with Gasteiger partial charge in [0.25, 0.3) is 0 Å². The Morgan fingerprint density at radius 1 is 1.91 bits per heavy atom. The first-order valence-electron chi connectivity index (χ1n) is 3.06. The van der Waals surface area contributed by atoms with Gasteiger partial charge in [-0.25, -0.2) is 9.18 Å². The standard InChI is InChI=1S/C6H12FNO2S/c1-6(8,3-11-2)4(7)5(9)10/h4H,3,8H2,1-2H3,(H,9,10). The normalized spacial score (nSPS) is 18.9. The zero-order valence-corrected chi connectivity index (χ0v) is 7.32. The number of carboxylic acid groups (broad SMARTS) is 1. The van der Waals surface area contributed by atoms with E-state index in [1.165, 1.54) is 18.7 Å². The Morgan fingerprint density at radius 3 is 2.64 bits per heavy atom. The third-order valence-corrected chi connectivity index (χ3v) is 2.16. The van der Waals surface area contributed by atoms with Crippen LogP contribution in [0.25, 0.3) is 0 Å². The van der Waals surface area contributed by atoms with Crippen LogP contribution in [-0.2, 0) is 4.79 Å². The highest BCUT2D eigenvalue weighted by Crippen LogP contribution is 2.15. The molecule has 0 amide bonds. The van der Waals surface area contributed by atoms with E-state index in [-0.39, 0.29) is 0 Å². The molecule has 0 rings (SSSR count). The lowest BCUT2D eigenvalue weighted by Crippen LogP contribution is -2.51. The Morgan fingerprint density at radius 2 is 2.36 bits per heavy atom. The van der Waals surface area contributed by atoms with Crippen LogP contribution in [0, 0.1) is 0 Å². The number of thioether (sulfide) groups is 1. The molecule has 0 saturated carbocycles. The van der Waals surface area contributed by atoms with Gasteiger partial charge in [-0.3, -0.25) is 0 Å². The molecule has 5 heteroatoms. The van der Waals surface area contributed by atoms with Gasteiger partial charge in [0.2, 0.25) is 6.17 Å². The lowest BCUT2D eigenvalue weighted by molar-refractivity contribution is -0.144. The summed E-state index contributed by atoms with van der Waals surface area (Å²) in [5.41, 5.74) is 4.12. The van der Waals surface area contributed by atoms with Crippen molar-refractivity contribution in [3.05, 3.63) is 0 Å². The summed E-state index contributed by atoms with van der Waals surface area (Å²) >= 11 is 1.33. The van der Waals surface area contributed by atoms with E-state index < -0.39 is 17.7 Å². The van der Waals surface area contributed by atoms with Gasteiger partial charge in [0.15, 0.2) is 0 Å². The van der Waals surface area contributed by atoms with Crippen molar-refractivity contribution in [1.29, 1.82) is 0 Å². The summed E-state index contributed by atoms with van der Waals surface area (Å²) in [5, 5.41) is 8.28. The molecule has 3 N–H and O–H groups in total. The van der Waals surface area contributed by atoms with Crippen molar-refractivity contribution in [2.45, 2.75) is 18.6 Å². The van der Waals surface area contributed by atoms with Crippen molar-refractivity contribution < 1.29 is 14.3 Å². The SMILES string of the molecule is CSCC(C)(N)C(F)C(=O)O. The van der Waals surface area contributed by atoms with Gasteiger partial charge >= 0.3 is 5.97 Å². The van der Waals surface area contributed by atoms with Crippen molar-refractivity contribution in [3.63, 3.8) is 0 Å². The van der Waals surface area contributed by atoms with E-state index in [0.717, 1.165) is 0 Å². The first kappa shape index (κ1) is 10.7. The highest BCUT2D eigenvalue weighted by Gasteiger charge is 2.35. The molecule has 0 fully saturated rings. The van der Waals surface area contributed by atoms with Crippen LogP contribution in [0.1, 0.15) is 6.92 Å². The average molecular weight is 181 g/mol. The van der Waals surface area contributed by atoms with Crippen molar-refractivity contribution in [2.24, 2.45) is 5.73 Å². The van der Waals surface area contributed by atoms with Gasteiger partial charge in [-0.2, -0.15) is 11.8 Å². The fraction of sp³-hybridized carbons (Fsp3) is 0.833. The van der Waals surface area contributed by atoms with Gasteiger partial charge in [0.05, 0.1) is 5.54 Å². The maximum atomic E-state index is 12.8. The highest BCUT2D eigenvalue weighted by atomic mass is 32.2. The van der Waals surface area contributed by atoms with Crippen molar-refractivity contribution in [3.8, 4) is 0 Å². The zero-order valence-electron chi connectivity index (χ0n) is 6.50. The molecule has 0 aromatic carbocycles. The van der Waals surface area contributed by atoms with Crippen molar-refractivity contribution in [1.82, 2.24) is 0 Å². The second kappa shape index (κ2) is 3.92. The van der Waals surface area contributed by atoms with Gasteiger partial charge in [0.1, 0.15) is 0 Å². The highest BCUT2D eigenvalue weighted by molar-refractivity contribution is 7.98. The van der Waals surface area contributed by atoms with Crippen LogP contribution in [0.3, 0.4) is 0 Å². The lowest BCUT2D eigenvalue weighted by atomic mass is 10.0. The molecular weight excluding hydrogens is 169 g/mol. The summed E-state index contributed by atoms with van der Waals surface area (Å²) in [6.45, 7) is 1.39. The molecule has 0 aromatic heterocycles. The van der Waals surface area contributed by atoms with E-state index in [0.29, 0.717) is 5.75 Å². The molecule has 0 aliphatic heterocycles. The minimum atomic E-state index is -1.99. The predicted octanol–water partition coefficient (Wildman–Crippen LogP) is 0.490. The Bertz CT molecular complexity index is 152. The molecule has 3 nitrogen and oxygen atoms in total. The molecule has 0 aliphatic rings. The Balaban J connectivity index is 4.16. The molecule has 2 unspecified atom stereocenters. The van der Waals surface area contributed by atoms with E-state index >= 15 is 0 Å². The first-order valence-corrected chi connectivity index (χ1v) is 4.46. The summed E-state index contributed by atoms with van der Waals surface area (Å²) in [6.07, 6.45) is -0.241. The second-order valence-electron chi connectivity index (χ2n) is 2.64. The number of alkyl halides is 1. The fourth-order valence-electron chi connectivity index (χ4n) is 0.666. The number of carboxylic acids is 1. The largest absolute Gasteiger partial charge is 0.479 e. The Kier molecular flexibility index (Phi) is 3.82. The third-order valence-electron chi connectivity index (χ3n) is 1.25. The maximum Gasteiger partial charge on any atom is 0.340 e. The van der Waals surface area contributed by atoms with Crippen LogP contribution >= 0.6 is 11.8 Å². The number of aliphatic carboxylic acids is 1. The summed E-state index contributed by atoms with van der Waals surface area (Å²) in [6, 6.07) is 0. The van der Waals surface area contributed by atoms with Crippen LogP contribution in [0.4, 0.5) is 4.39 Å². The van der Waals surface area contributed by atoms with E-state index in [9.17, 15) is 9.18 Å². The number of hydrogen-bond donors (Lipinski definition) is 2. The van der Waals surface area contributed by atoms with Crippen LogP contribution in [-0.4, -0.2) is 34.8 Å². The Labute approximate surface area is 69.1 Å². The molecule has 11 heavy (non-hydrogen) atoms. The molecule has 2 atom stereocenters. The van der Waals surface area contributed by atoms with Crippen molar-refractivity contribution in [2.75, 3.05) is 12.0 Å². The molecule has 0 bridgehead atoms. The first-order chi connectivity index (χ1) is 4.91. The topological polar surface area (TPSA) is 63.3 Å². The predicted molar refractivity (Wildman–Crippen MR) is 43.5 cm³/mol. The third kappa shape index (κ3) is 3.07. The minimum Gasteiger partial charge on any atom is -0.479 e. The van der Waals surface area contributed by atoms with Gasteiger partial charge in [0, 0.05) is 5.75 Å². The van der Waals surface area contributed by atoms with Crippen LogP contribution in [0.15, 0.2) is 0 Å². The van der Waals surface area contributed by atoms with E-state index in [2.05, 4.69) is 0 Å². The minimum absolute atomic E-state index is 0.292. The van der Waals surface area contributed by atoms with Gasteiger partial charge in [-0.15, -0.1) is 0 Å². The second-order valence-corrected chi connectivity index (χ2v) is 3.51. The summed E-state index contributed by atoms with van der Waals surface area (Å²) in [4.78, 5) is 10.2. The molecule has 0 radical (unpaired) electrons. The number of rotatable bonds is 4. The molecule has 66 valence electrons. The monoisotopic (exact) mass is 181 g/mol. The van der Waals surface area contributed by atoms with Crippen molar-refractivity contribution >= 4 is 17.7 Å². The lowest BCUT2D eigenvalue weighted by Gasteiger charge is -2.24. The fourth-order valence-corrected chi connectivity index (χ4v) is 1.43. The smallest absolute Gasteiger partial charge is 0.340 e. The molecule has 0 aromatic rings. The molecule has 0 heterocycles. The quantitative estimate of drug-likeness (QED) is 0.662. The van der Waals surface area contributed by atoms with Crippen LogP contribution < -0.4 is 5.73 Å². The summed E-state index contributed by atoms with van der Waals surface area (Å²) in [5.74, 6) is -1.20. The van der Waals surface area contributed by atoms with Gasteiger partial charge in [-0.1, -0.05) is 0 Å². The van der Waals surface area contributed by atoms with E-state index in [1.54, 1.807) is 6.26 Å². The molecule has 0 saturated heterocycles. The number of hydrogen-bond acceptors (Lipinski definition) is 3. The Hall–Kier alpha value is -0.290. The van der Waals surface area contributed by atoms with E-state index in [4.69, 9.17) is 10.8 Å². The van der Waals surface area contributed by atoms with Crippen LogP contribution in [0.2, 0.25) is 0 Å². The number of nitrogens with two attached hydrogens (primary N) is 1. The van der Waals surface area contributed by atoms with Gasteiger partial charge < -0.3 is 10.8 Å². The van der Waals surface area contributed by atoms with E-state index in [1.807, 2.05) is 0 Å². The molecule has 0 aliphatic carbocycles. The number of halogens is 1. The van der Waals surface area contributed by atoms with Gasteiger partial charge in [-0.05, 0) is 13.2 Å². The zero-order chi connectivity index (χ0) is 9.07. The average Bonchev–Trinajstić information content (AvgIpc) is 1.86. The number of carbonyl (C=O) groups is 1. The molecule has 0 spiro atoms. The maximum absolute atomic E-state index is 12.8. The van der Waals surface area contributed by atoms with Crippen LogP contribution in [0.5, 0.6) is 0 Å². The molecular formula is C6H12FNO2S. The summed E-state index contributed by atoms with van der Waals surface area (Å²) in [7, 11) is 0.